The Balaban J connectivity index is 1.71. The van der Waals surface area contributed by atoms with Gasteiger partial charge in [0, 0.05) is 0 Å². The van der Waals surface area contributed by atoms with Crippen molar-refractivity contribution in [2.45, 2.75) is 33.6 Å². The first kappa shape index (κ1) is 7.41. The van der Waals surface area contributed by atoms with E-state index in [0.717, 1.165) is 35.5 Å². The molecule has 3 saturated carbocycles. The molecule has 12 heavy (non-hydrogen) atoms. The number of hydrogen-bond donors (Lipinski definition) is 0. The summed E-state index contributed by atoms with van der Waals surface area (Å²) in [5.74, 6) is 7.84. The van der Waals surface area contributed by atoms with Crippen molar-refractivity contribution >= 4 is 0 Å². The molecule has 0 aromatic carbocycles. The molecule has 7 unspecified atom stereocenters. The fourth-order valence-corrected chi connectivity index (χ4v) is 4.36. The van der Waals surface area contributed by atoms with Crippen LogP contribution >= 0.6 is 0 Å². The summed E-state index contributed by atoms with van der Waals surface area (Å²) in [4.78, 5) is 0. The Kier molecular flexibility index (Phi) is 1.28. The zero-order chi connectivity index (χ0) is 8.46. The molecule has 0 nitrogen and oxygen atoms in total. The highest BCUT2D eigenvalue weighted by atomic mass is 14.7. The van der Waals surface area contributed by atoms with Crippen LogP contribution in [0.4, 0.5) is 0 Å². The van der Waals surface area contributed by atoms with Gasteiger partial charge in [-0.2, -0.15) is 0 Å². The van der Waals surface area contributed by atoms with E-state index < -0.39 is 0 Å². The fraction of sp³-hybridized carbons (Fsp3) is 1.00. The van der Waals surface area contributed by atoms with Gasteiger partial charge in [-0.1, -0.05) is 27.2 Å². The van der Waals surface area contributed by atoms with Gasteiger partial charge in [-0.15, -0.1) is 0 Å². The molecule has 0 bridgehead atoms. The maximum absolute atomic E-state index is 2.50. The van der Waals surface area contributed by atoms with E-state index in [1.165, 1.54) is 12.3 Å². The maximum Gasteiger partial charge on any atom is -0.0318 e. The van der Waals surface area contributed by atoms with Crippen molar-refractivity contribution in [2.24, 2.45) is 41.4 Å². The van der Waals surface area contributed by atoms with Crippen LogP contribution in [0.2, 0.25) is 0 Å². The lowest BCUT2D eigenvalue weighted by Gasteiger charge is -2.47. The lowest BCUT2D eigenvalue weighted by molar-refractivity contribution is 0.0102. The van der Waals surface area contributed by atoms with Gasteiger partial charge in [-0.3, -0.25) is 0 Å². The zero-order valence-electron chi connectivity index (χ0n) is 8.46. The molecular weight excluding hydrogens is 144 g/mol. The predicted octanol–water partition coefficient (Wildman–Crippen LogP) is 3.18. The van der Waals surface area contributed by atoms with Crippen LogP contribution < -0.4 is 0 Å². The number of hydrogen-bond acceptors (Lipinski definition) is 0. The first-order valence-electron chi connectivity index (χ1n) is 5.72. The summed E-state index contributed by atoms with van der Waals surface area (Å²) in [5, 5.41) is 0. The van der Waals surface area contributed by atoms with E-state index in [0.29, 0.717) is 0 Å². The Labute approximate surface area is 75.7 Å². The minimum absolute atomic E-state index is 1.06. The van der Waals surface area contributed by atoms with E-state index in [9.17, 15) is 0 Å². The second-order valence-corrected chi connectivity index (χ2v) is 5.67. The number of rotatable bonds is 1. The molecule has 68 valence electrons. The average molecular weight is 164 g/mol. The van der Waals surface area contributed by atoms with Crippen LogP contribution in [-0.2, 0) is 0 Å². The SMILES string of the molecule is CC1CCC1C1C(C)C2C(C)C21. The second-order valence-electron chi connectivity index (χ2n) is 5.67. The second kappa shape index (κ2) is 2.08. The summed E-state index contributed by atoms with van der Waals surface area (Å²) in [5.41, 5.74) is 0. The molecule has 3 fully saturated rings. The van der Waals surface area contributed by atoms with Crippen molar-refractivity contribution in [3.8, 4) is 0 Å². The maximum atomic E-state index is 2.50. The normalized spacial score (nSPS) is 67.8. The molecular formula is C12H20. The molecule has 0 aliphatic heterocycles. The summed E-state index contributed by atoms with van der Waals surface area (Å²) in [6.45, 7) is 7.43. The lowest BCUT2D eigenvalue weighted by atomic mass is 9.58. The first-order valence-corrected chi connectivity index (χ1v) is 5.72. The Morgan fingerprint density at radius 1 is 0.750 bits per heavy atom. The lowest BCUT2D eigenvalue weighted by Crippen LogP contribution is -2.41. The molecule has 0 amide bonds. The molecule has 0 heterocycles. The third-order valence-corrected chi connectivity index (χ3v) is 5.36. The van der Waals surface area contributed by atoms with Crippen molar-refractivity contribution in [1.82, 2.24) is 0 Å². The Morgan fingerprint density at radius 2 is 1.42 bits per heavy atom. The summed E-state index contributed by atoms with van der Waals surface area (Å²) in [6, 6.07) is 0. The van der Waals surface area contributed by atoms with Crippen LogP contribution in [-0.4, -0.2) is 0 Å². The Morgan fingerprint density at radius 3 is 1.75 bits per heavy atom. The van der Waals surface area contributed by atoms with Gasteiger partial charge in [0.1, 0.15) is 0 Å². The summed E-state index contributed by atoms with van der Waals surface area (Å²) >= 11 is 0. The van der Waals surface area contributed by atoms with E-state index in [1.807, 2.05) is 0 Å². The van der Waals surface area contributed by atoms with Crippen LogP contribution in [0.25, 0.3) is 0 Å². The van der Waals surface area contributed by atoms with Gasteiger partial charge in [0.25, 0.3) is 0 Å². The fourth-order valence-electron chi connectivity index (χ4n) is 4.36. The van der Waals surface area contributed by atoms with E-state index in [2.05, 4.69) is 20.8 Å². The Bertz CT molecular complexity index is 202. The molecule has 3 aliphatic carbocycles. The molecule has 0 radical (unpaired) electrons. The standard InChI is InChI=1S/C12H20/c1-6-4-5-9(6)11-7(2)10-8(3)12(10)11/h6-12H,4-5H2,1-3H3. The third kappa shape index (κ3) is 0.661. The minimum Gasteiger partial charge on any atom is -0.0622 e. The highest BCUT2D eigenvalue weighted by Crippen LogP contribution is 2.72. The summed E-state index contributed by atoms with van der Waals surface area (Å²) in [6.07, 6.45) is 3.06. The molecule has 0 aromatic heterocycles. The van der Waals surface area contributed by atoms with Crippen molar-refractivity contribution in [2.75, 3.05) is 0 Å². The van der Waals surface area contributed by atoms with Crippen LogP contribution in [0.15, 0.2) is 0 Å². The highest BCUT2D eigenvalue weighted by Gasteiger charge is 2.67. The quantitative estimate of drug-likeness (QED) is 0.558. The van der Waals surface area contributed by atoms with Crippen molar-refractivity contribution in [3.05, 3.63) is 0 Å². The van der Waals surface area contributed by atoms with Crippen LogP contribution in [0.3, 0.4) is 0 Å². The number of fused-ring (bicyclic) bond motifs is 1. The molecule has 0 N–H and O–H groups in total. The molecule has 0 heteroatoms. The van der Waals surface area contributed by atoms with Gasteiger partial charge in [-0.05, 0) is 47.8 Å². The molecule has 0 aromatic rings. The predicted molar refractivity (Wildman–Crippen MR) is 50.7 cm³/mol. The Hall–Kier alpha value is 0. The van der Waals surface area contributed by atoms with Gasteiger partial charge < -0.3 is 0 Å². The van der Waals surface area contributed by atoms with E-state index >= 15 is 0 Å². The van der Waals surface area contributed by atoms with E-state index in [-0.39, 0.29) is 0 Å². The van der Waals surface area contributed by atoms with Crippen LogP contribution in [0.1, 0.15) is 33.6 Å². The summed E-state index contributed by atoms with van der Waals surface area (Å²) in [7, 11) is 0. The van der Waals surface area contributed by atoms with Crippen molar-refractivity contribution < 1.29 is 0 Å². The van der Waals surface area contributed by atoms with E-state index in [4.69, 9.17) is 0 Å². The van der Waals surface area contributed by atoms with Crippen molar-refractivity contribution in [3.63, 3.8) is 0 Å². The smallest absolute Gasteiger partial charge is 0.0318 e. The average Bonchev–Trinajstić information content (AvgIpc) is 2.64. The van der Waals surface area contributed by atoms with Gasteiger partial charge >= 0.3 is 0 Å². The van der Waals surface area contributed by atoms with Crippen LogP contribution in [0.5, 0.6) is 0 Å². The van der Waals surface area contributed by atoms with E-state index in [1.54, 1.807) is 6.42 Å². The first-order chi connectivity index (χ1) is 5.72. The zero-order valence-corrected chi connectivity index (χ0v) is 8.46. The highest BCUT2D eigenvalue weighted by molar-refractivity contribution is 5.14. The summed E-state index contributed by atoms with van der Waals surface area (Å²) < 4.78 is 0. The largest absolute Gasteiger partial charge is 0.0622 e. The topological polar surface area (TPSA) is 0 Å². The monoisotopic (exact) mass is 164 g/mol. The van der Waals surface area contributed by atoms with Gasteiger partial charge in [0.2, 0.25) is 0 Å². The van der Waals surface area contributed by atoms with Gasteiger partial charge in [0.05, 0.1) is 0 Å². The molecule has 3 rings (SSSR count). The molecule has 7 atom stereocenters. The van der Waals surface area contributed by atoms with Gasteiger partial charge in [0.15, 0.2) is 0 Å². The van der Waals surface area contributed by atoms with Crippen molar-refractivity contribution in [1.29, 1.82) is 0 Å². The molecule has 0 saturated heterocycles. The van der Waals surface area contributed by atoms with Crippen LogP contribution in [0, 0.1) is 41.4 Å². The minimum atomic E-state index is 1.06. The third-order valence-electron chi connectivity index (χ3n) is 5.36. The molecule has 3 aliphatic rings. The van der Waals surface area contributed by atoms with Gasteiger partial charge in [-0.25, -0.2) is 0 Å². The molecule has 0 spiro atoms.